The Labute approximate surface area is 145 Å². The van der Waals surface area contributed by atoms with Gasteiger partial charge in [-0.15, -0.1) is 11.3 Å². The van der Waals surface area contributed by atoms with Gasteiger partial charge in [0.2, 0.25) is 11.8 Å². The summed E-state index contributed by atoms with van der Waals surface area (Å²) in [6.07, 6.45) is 1.76. The van der Waals surface area contributed by atoms with Crippen molar-refractivity contribution in [3.05, 3.63) is 46.6 Å². The third kappa shape index (κ3) is 3.48. The molecule has 2 amide bonds. The topological polar surface area (TPSA) is 62.3 Å². The van der Waals surface area contributed by atoms with Gasteiger partial charge in [-0.05, 0) is 25.3 Å². The number of carbonyl (C=O) groups excluding carboxylic acids is 2. The van der Waals surface area contributed by atoms with Crippen LogP contribution in [0, 0.1) is 6.92 Å². The number of hydrogen-bond donors (Lipinski definition) is 1. The molecule has 1 aliphatic heterocycles. The quantitative estimate of drug-likeness (QED) is 0.907. The summed E-state index contributed by atoms with van der Waals surface area (Å²) < 4.78 is 0. The normalized spacial score (nSPS) is 17.3. The van der Waals surface area contributed by atoms with Crippen LogP contribution in [0.3, 0.4) is 0 Å². The molecule has 0 saturated carbocycles. The van der Waals surface area contributed by atoms with Crippen molar-refractivity contribution in [2.24, 2.45) is 0 Å². The van der Waals surface area contributed by atoms with Crippen molar-refractivity contribution >= 4 is 28.2 Å². The van der Waals surface area contributed by atoms with E-state index in [1.165, 1.54) is 16.9 Å². The first-order chi connectivity index (χ1) is 11.6. The van der Waals surface area contributed by atoms with Gasteiger partial charge in [0.05, 0.1) is 11.2 Å². The lowest BCUT2D eigenvalue weighted by atomic mass is 10.1. The van der Waals surface area contributed by atoms with Crippen LogP contribution in [0.25, 0.3) is 0 Å². The highest BCUT2D eigenvalue weighted by Crippen LogP contribution is 2.25. The summed E-state index contributed by atoms with van der Waals surface area (Å²) in [5.41, 5.74) is 4.85. The van der Waals surface area contributed by atoms with Gasteiger partial charge in [0.25, 0.3) is 0 Å². The SMILES string of the molecule is CCc1ncsc1NC(=O)[C@@H]1CCC(=O)N1Cc1ccc(C)cc1. The Morgan fingerprint density at radius 1 is 1.38 bits per heavy atom. The first-order valence-electron chi connectivity index (χ1n) is 8.16. The van der Waals surface area contributed by atoms with E-state index in [1.807, 2.05) is 38.1 Å². The minimum Gasteiger partial charge on any atom is -0.326 e. The summed E-state index contributed by atoms with van der Waals surface area (Å²) >= 11 is 1.42. The van der Waals surface area contributed by atoms with Gasteiger partial charge >= 0.3 is 0 Å². The molecule has 1 saturated heterocycles. The summed E-state index contributed by atoms with van der Waals surface area (Å²) in [5, 5.41) is 3.74. The molecular weight excluding hydrogens is 322 g/mol. The summed E-state index contributed by atoms with van der Waals surface area (Å²) in [6.45, 7) is 4.51. The van der Waals surface area contributed by atoms with Crippen molar-refractivity contribution < 1.29 is 9.59 Å². The van der Waals surface area contributed by atoms with E-state index in [4.69, 9.17) is 0 Å². The van der Waals surface area contributed by atoms with Crippen molar-refractivity contribution in [3.8, 4) is 0 Å². The molecule has 0 spiro atoms. The lowest BCUT2D eigenvalue weighted by Crippen LogP contribution is -2.41. The van der Waals surface area contributed by atoms with Crippen LogP contribution in [0.1, 0.15) is 36.6 Å². The Balaban J connectivity index is 1.72. The number of anilines is 1. The first-order valence-corrected chi connectivity index (χ1v) is 9.04. The van der Waals surface area contributed by atoms with Gasteiger partial charge in [-0.25, -0.2) is 4.98 Å². The Morgan fingerprint density at radius 2 is 2.12 bits per heavy atom. The van der Waals surface area contributed by atoms with Crippen LogP contribution >= 0.6 is 11.3 Å². The predicted molar refractivity (Wildman–Crippen MR) is 94.9 cm³/mol. The zero-order valence-corrected chi connectivity index (χ0v) is 14.7. The largest absolute Gasteiger partial charge is 0.326 e. The number of aromatic nitrogens is 1. The fraction of sp³-hybridized carbons (Fsp3) is 0.389. The maximum Gasteiger partial charge on any atom is 0.247 e. The van der Waals surface area contributed by atoms with Gasteiger partial charge in [-0.3, -0.25) is 9.59 Å². The third-order valence-electron chi connectivity index (χ3n) is 4.32. The molecule has 1 N–H and O–H groups in total. The molecule has 0 bridgehead atoms. The Bertz CT molecular complexity index is 739. The maximum absolute atomic E-state index is 12.7. The smallest absolute Gasteiger partial charge is 0.247 e. The van der Waals surface area contributed by atoms with E-state index < -0.39 is 6.04 Å². The van der Waals surface area contributed by atoms with Crippen LogP contribution in [0.4, 0.5) is 5.00 Å². The molecule has 1 aromatic heterocycles. The van der Waals surface area contributed by atoms with Crippen molar-refractivity contribution in [2.45, 2.75) is 45.7 Å². The lowest BCUT2D eigenvalue weighted by Gasteiger charge is -2.24. The number of likely N-dealkylation sites (tertiary alicyclic amines) is 1. The number of benzene rings is 1. The molecule has 0 radical (unpaired) electrons. The number of amides is 2. The molecule has 1 fully saturated rings. The van der Waals surface area contributed by atoms with E-state index in [-0.39, 0.29) is 11.8 Å². The minimum atomic E-state index is -0.411. The van der Waals surface area contributed by atoms with Crippen LogP contribution in [-0.2, 0) is 22.6 Å². The first kappa shape index (κ1) is 16.6. The molecule has 1 atom stereocenters. The standard InChI is InChI=1S/C18H21N3O2S/c1-3-14-18(24-11-19-14)20-17(23)15-8-9-16(22)21(15)10-13-6-4-12(2)5-7-13/h4-7,11,15H,3,8-10H2,1-2H3,(H,20,23)/t15-/m0/s1. The number of nitrogens with zero attached hydrogens (tertiary/aromatic N) is 2. The van der Waals surface area contributed by atoms with E-state index in [0.717, 1.165) is 22.7 Å². The van der Waals surface area contributed by atoms with Gasteiger partial charge in [0.15, 0.2) is 0 Å². The van der Waals surface area contributed by atoms with Gasteiger partial charge in [0.1, 0.15) is 11.0 Å². The Hall–Kier alpha value is -2.21. The Kier molecular flexibility index (Phi) is 4.94. The second-order valence-electron chi connectivity index (χ2n) is 6.03. The maximum atomic E-state index is 12.7. The fourth-order valence-corrected chi connectivity index (χ4v) is 3.69. The van der Waals surface area contributed by atoms with Crippen molar-refractivity contribution in [1.82, 2.24) is 9.88 Å². The molecule has 0 unspecified atom stereocenters. The average Bonchev–Trinajstić information content (AvgIpc) is 3.16. The molecule has 126 valence electrons. The van der Waals surface area contributed by atoms with Gasteiger partial charge < -0.3 is 10.2 Å². The van der Waals surface area contributed by atoms with E-state index in [0.29, 0.717) is 19.4 Å². The van der Waals surface area contributed by atoms with E-state index in [9.17, 15) is 9.59 Å². The summed E-state index contributed by atoms with van der Waals surface area (Å²) in [7, 11) is 0. The summed E-state index contributed by atoms with van der Waals surface area (Å²) in [4.78, 5) is 30.8. The van der Waals surface area contributed by atoms with Gasteiger partial charge in [-0.2, -0.15) is 0 Å². The van der Waals surface area contributed by atoms with Crippen molar-refractivity contribution in [1.29, 1.82) is 0 Å². The van der Waals surface area contributed by atoms with Crippen LogP contribution in [0.2, 0.25) is 0 Å². The Morgan fingerprint density at radius 3 is 2.83 bits per heavy atom. The highest BCUT2D eigenvalue weighted by atomic mass is 32.1. The molecule has 5 nitrogen and oxygen atoms in total. The van der Waals surface area contributed by atoms with Crippen LogP contribution in [0.15, 0.2) is 29.8 Å². The average molecular weight is 343 g/mol. The molecule has 6 heteroatoms. The molecule has 1 aliphatic rings. The molecule has 2 heterocycles. The minimum absolute atomic E-state index is 0.0377. The van der Waals surface area contributed by atoms with Crippen LogP contribution in [0.5, 0.6) is 0 Å². The van der Waals surface area contributed by atoms with E-state index in [1.54, 1.807) is 10.4 Å². The molecule has 0 aliphatic carbocycles. The number of rotatable bonds is 5. The summed E-state index contributed by atoms with van der Waals surface area (Å²) in [6, 6.07) is 7.65. The van der Waals surface area contributed by atoms with E-state index >= 15 is 0 Å². The second-order valence-corrected chi connectivity index (χ2v) is 6.89. The van der Waals surface area contributed by atoms with Crippen molar-refractivity contribution in [3.63, 3.8) is 0 Å². The second kappa shape index (κ2) is 7.13. The highest BCUT2D eigenvalue weighted by molar-refractivity contribution is 7.14. The predicted octanol–water partition coefficient (Wildman–Crippen LogP) is 3.14. The number of nitrogens with one attached hydrogen (secondary N) is 1. The molecule has 3 rings (SSSR count). The highest BCUT2D eigenvalue weighted by Gasteiger charge is 2.36. The van der Waals surface area contributed by atoms with Gasteiger partial charge in [-0.1, -0.05) is 36.8 Å². The third-order valence-corrected chi connectivity index (χ3v) is 5.10. The molecule has 1 aromatic carbocycles. The summed E-state index contributed by atoms with van der Waals surface area (Å²) in [5.74, 6) is -0.0809. The van der Waals surface area contributed by atoms with Crippen LogP contribution in [-0.4, -0.2) is 27.7 Å². The molecular formula is C18H21N3O2S. The van der Waals surface area contributed by atoms with Crippen LogP contribution < -0.4 is 5.32 Å². The monoisotopic (exact) mass is 343 g/mol. The molecule has 24 heavy (non-hydrogen) atoms. The number of carbonyl (C=O) groups is 2. The number of thiazole rings is 1. The lowest BCUT2D eigenvalue weighted by molar-refractivity contribution is -0.133. The van der Waals surface area contributed by atoms with Gasteiger partial charge in [0, 0.05) is 13.0 Å². The number of hydrogen-bond acceptors (Lipinski definition) is 4. The van der Waals surface area contributed by atoms with E-state index in [2.05, 4.69) is 10.3 Å². The zero-order valence-electron chi connectivity index (χ0n) is 13.9. The zero-order chi connectivity index (χ0) is 17.1. The fourth-order valence-electron chi connectivity index (χ4n) is 2.91. The number of aryl methyl sites for hydroxylation is 2. The van der Waals surface area contributed by atoms with Crippen molar-refractivity contribution in [2.75, 3.05) is 5.32 Å². The molecule has 2 aromatic rings.